The number of halogens is 1. The summed E-state index contributed by atoms with van der Waals surface area (Å²) in [5.74, 6) is -0.582. The maximum absolute atomic E-state index is 12.8. The zero-order chi connectivity index (χ0) is 9.14. The Morgan fingerprint density at radius 1 is 1.62 bits per heavy atom. The maximum Gasteiger partial charge on any atom is 1.00 e. The fourth-order valence-electron chi connectivity index (χ4n) is 0.756. The first-order valence-electron chi connectivity index (χ1n) is 3.09. The van der Waals surface area contributed by atoms with Crippen molar-refractivity contribution in [3.05, 3.63) is 24.0 Å². The molecule has 3 nitrogen and oxygen atoms in total. The van der Waals surface area contributed by atoms with E-state index in [1.165, 1.54) is 19.2 Å². The number of ether oxygens (including phenoxy) is 1. The van der Waals surface area contributed by atoms with Gasteiger partial charge in [-0.15, -0.1) is 0 Å². The Labute approximate surface area is 101 Å². The van der Waals surface area contributed by atoms with Crippen LogP contribution in [0.2, 0.25) is 0 Å². The van der Waals surface area contributed by atoms with Crippen molar-refractivity contribution in [3.8, 4) is 5.75 Å². The summed E-state index contributed by atoms with van der Waals surface area (Å²) in [6, 6.07) is 3.60. The van der Waals surface area contributed by atoms with Gasteiger partial charge in [0.15, 0.2) is 22.6 Å². The predicted molar refractivity (Wildman–Crippen MR) is 43.1 cm³/mol. The van der Waals surface area contributed by atoms with Crippen LogP contribution in [0.1, 0.15) is 1.43 Å². The first kappa shape index (κ1) is 13.1. The molecule has 6 heteroatoms. The van der Waals surface area contributed by atoms with E-state index < -0.39 is 16.9 Å². The molecule has 0 aliphatic carbocycles. The average molecular weight is 214 g/mol. The van der Waals surface area contributed by atoms with Crippen LogP contribution in [0.4, 0.5) is 4.39 Å². The molecule has 0 spiro atoms. The van der Waals surface area contributed by atoms with E-state index >= 15 is 0 Å². The van der Waals surface area contributed by atoms with Crippen LogP contribution >= 0.6 is 0 Å². The molecule has 0 radical (unpaired) electrons. The molecule has 0 fully saturated rings. The number of rotatable bonds is 2. The van der Waals surface area contributed by atoms with Gasteiger partial charge in [0, 0.05) is 0 Å². The molecule has 1 aromatic carbocycles. The molecule has 1 N–H and O–H groups in total. The maximum atomic E-state index is 12.8. The molecule has 1 aromatic rings. The molecule has 13 heavy (non-hydrogen) atoms. The van der Waals surface area contributed by atoms with Crippen LogP contribution in [0.3, 0.4) is 0 Å². The van der Waals surface area contributed by atoms with Gasteiger partial charge in [0.1, 0.15) is 0 Å². The zero-order valence-electron chi connectivity index (χ0n) is 8.28. The Balaban J connectivity index is 0. The summed E-state index contributed by atoms with van der Waals surface area (Å²) in [5, 5.41) is 0. The molecule has 0 aliphatic rings. The van der Waals surface area contributed by atoms with E-state index in [-0.39, 0.29) is 41.6 Å². The minimum atomic E-state index is -2.15. The molecule has 68 valence electrons. The van der Waals surface area contributed by atoms with Gasteiger partial charge in [-0.05, 0) is 18.2 Å². The third-order valence-electron chi connectivity index (χ3n) is 1.32. The van der Waals surface area contributed by atoms with Crippen molar-refractivity contribution < 1.29 is 48.9 Å². The van der Waals surface area contributed by atoms with Gasteiger partial charge in [0.25, 0.3) is 0 Å². The first-order valence-corrected chi connectivity index (χ1v) is 4.20. The summed E-state index contributed by atoms with van der Waals surface area (Å²) >= 11 is -2.15. The molecule has 1 rings (SSSR count). The molecule has 0 aliphatic heterocycles. The predicted octanol–water partition coefficient (Wildman–Crippen LogP) is -1.47. The zero-order valence-corrected chi connectivity index (χ0v) is 10.1. The molecule has 0 saturated heterocycles. The number of methoxy groups -OCH3 is 1. The molecule has 0 amide bonds. The Morgan fingerprint density at radius 3 is 2.62 bits per heavy atom. The minimum Gasteiger partial charge on any atom is -1.00 e. The second kappa shape index (κ2) is 5.72. The van der Waals surface area contributed by atoms with Gasteiger partial charge in [0.2, 0.25) is 0 Å². The smallest absolute Gasteiger partial charge is 1.00 e. The van der Waals surface area contributed by atoms with Crippen LogP contribution < -0.4 is 34.3 Å². The van der Waals surface area contributed by atoms with Crippen molar-refractivity contribution in [1.29, 1.82) is 0 Å². The second-order valence-corrected chi connectivity index (χ2v) is 3.02. The quantitative estimate of drug-likeness (QED) is 0.483. The monoisotopic (exact) mass is 214 g/mol. The largest absolute Gasteiger partial charge is 1.00 e. The first-order chi connectivity index (χ1) is 5.65. The molecular formula is C7H8FNaO3S. The Kier molecular flexibility index (Phi) is 5.75. The van der Waals surface area contributed by atoms with Crippen LogP contribution in [-0.4, -0.2) is 15.9 Å². The summed E-state index contributed by atoms with van der Waals surface area (Å²) < 4.78 is 36.5. The van der Waals surface area contributed by atoms with E-state index in [4.69, 9.17) is 4.55 Å². The number of hydrogen-bond acceptors (Lipinski definition) is 2. The molecule has 0 bridgehead atoms. The van der Waals surface area contributed by atoms with Crippen LogP contribution in [0.5, 0.6) is 5.75 Å². The van der Waals surface area contributed by atoms with E-state index in [1.807, 2.05) is 0 Å². The Hall–Kier alpha value is 0.0600. The normalized spacial score (nSPS) is 11.6. The van der Waals surface area contributed by atoms with E-state index in [0.717, 1.165) is 6.07 Å². The van der Waals surface area contributed by atoms with Gasteiger partial charge in [0.05, 0.1) is 12.0 Å². The number of benzene rings is 1. The van der Waals surface area contributed by atoms with Gasteiger partial charge < -0.3 is 10.7 Å². The molecule has 0 heterocycles. The van der Waals surface area contributed by atoms with Crippen LogP contribution in [0.25, 0.3) is 0 Å². The van der Waals surface area contributed by atoms with Gasteiger partial charge in [-0.3, -0.25) is 0 Å². The fourth-order valence-corrected chi connectivity index (χ4v) is 1.14. The molecule has 0 aromatic heterocycles. The molecule has 0 saturated carbocycles. The molecular weight excluding hydrogens is 206 g/mol. The van der Waals surface area contributed by atoms with Crippen LogP contribution in [0.15, 0.2) is 23.1 Å². The van der Waals surface area contributed by atoms with E-state index in [2.05, 4.69) is 4.74 Å². The fraction of sp³-hybridized carbons (Fsp3) is 0.143. The second-order valence-electron chi connectivity index (χ2n) is 2.05. The Bertz CT molecular complexity index is 324. The van der Waals surface area contributed by atoms with Gasteiger partial charge in [-0.2, -0.15) is 0 Å². The van der Waals surface area contributed by atoms with Gasteiger partial charge in [-0.25, -0.2) is 8.60 Å². The summed E-state index contributed by atoms with van der Waals surface area (Å²) in [5.41, 5.74) is 0. The SMILES string of the molecule is COc1ccc(S(=O)O)cc1F.[H-].[Na+]. The van der Waals surface area contributed by atoms with Crippen molar-refractivity contribution >= 4 is 11.1 Å². The molecule has 1 unspecified atom stereocenters. The van der Waals surface area contributed by atoms with Gasteiger partial charge >= 0.3 is 29.6 Å². The minimum absolute atomic E-state index is 0. The van der Waals surface area contributed by atoms with Crippen molar-refractivity contribution in [2.45, 2.75) is 4.90 Å². The third kappa shape index (κ3) is 3.36. The van der Waals surface area contributed by atoms with Gasteiger partial charge in [-0.1, -0.05) is 0 Å². The molecule has 1 atom stereocenters. The van der Waals surface area contributed by atoms with E-state index in [9.17, 15) is 8.60 Å². The van der Waals surface area contributed by atoms with Crippen molar-refractivity contribution in [3.63, 3.8) is 0 Å². The summed E-state index contributed by atoms with van der Waals surface area (Å²) in [6.07, 6.45) is 0. The topological polar surface area (TPSA) is 46.5 Å². The average Bonchev–Trinajstić information content (AvgIpc) is 2.04. The van der Waals surface area contributed by atoms with Crippen molar-refractivity contribution in [1.82, 2.24) is 0 Å². The third-order valence-corrected chi connectivity index (χ3v) is 1.98. The summed E-state index contributed by atoms with van der Waals surface area (Å²) in [6.45, 7) is 0. The van der Waals surface area contributed by atoms with E-state index in [1.54, 1.807) is 0 Å². The summed E-state index contributed by atoms with van der Waals surface area (Å²) in [4.78, 5) is 0.0216. The summed E-state index contributed by atoms with van der Waals surface area (Å²) in [7, 11) is 1.33. The van der Waals surface area contributed by atoms with E-state index in [0.29, 0.717) is 0 Å². The standard InChI is InChI=1S/C7H7FO3S.Na.H/c1-11-7-3-2-5(12(9)10)4-6(7)8;;/h2-4H,1H3,(H,9,10);;/q;+1;-1. The van der Waals surface area contributed by atoms with Crippen LogP contribution in [0, 0.1) is 5.82 Å². The van der Waals surface area contributed by atoms with Crippen molar-refractivity contribution in [2.24, 2.45) is 0 Å². The van der Waals surface area contributed by atoms with Crippen molar-refractivity contribution in [2.75, 3.05) is 7.11 Å². The van der Waals surface area contributed by atoms with Crippen LogP contribution in [-0.2, 0) is 11.1 Å². The Morgan fingerprint density at radius 2 is 2.23 bits per heavy atom. The number of hydrogen-bond donors (Lipinski definition) is 1.